The third-order valence-corrected chi connectivity index (χ3v) is 5.71. The van der Waals surface area contributed by atoms with Gasteiger partial charge in [0.1, 0.15) is 0 Å². The normalized spacial score (nSPS) is 18.3. The fourth-order valence-corrected chi connectivity index (χ4v) is 4.18. The molecule has 0 aliphatic carbocycles. The fraction of sp³-hybridized carbons (Fsp3) is 0.389. The van der Waals surface area contributed by atoms with E-state index in [1.807, 2.05) is 16.8 Å². The number of hydrogen-bond donors (Lipinski definition) is 0. The van der Waals surface area contributed by atoms with Gasteiger partial charge in [0.15, 0.2) is 0 Å². The molecule has 1 unspecified atom stereocenters. The third kappa shape index (κ3) is 3.12. The molecule has 6 heteroatoms. The molecule has 0 bridgehead atoms. The molecule has 1 aliphatic rings. The van der Waals surface area contributed by atoms with Crippen molar-refractivity contribution in [2.45, 2.75) is 32.7 Å². The predicted molar refractivity (Wildman–Crippen MR) is 95.6 cm³/mol. The third-order valence-electron chi connectivity index (χ3n) is 4.58. The number of thiazole rings is 1. The summed E-state index contributed by atoms with van der Waals surface area (Å²) < 4.78 is 1.95. The summed E-state index contributed by atoms with van der Waals surface area (Å²) in [7, 11) is 0. The highest BCUT2D eigenvalue weighted by Gasteiger charge is 2.26. The first kappa shape index (κ1) is 15.5. The first-order valence-corrected chi connectivity index (χ1v) is 9.17. The van der Waals surface area contributed by atoms with Crippen molar-refractivity contribution in [1.82, 2.24) is 24.6 Å². The predicted octanol–water partition coefficient (Wildman–Crippen LogP) is 3.33. The maximum Gasteiger partial charge on any atom is 0.0972 e. The second kappa shape index (κ2) is 6.45. The zero-order chi connectivity index (χ0) is 16.5. The molecular formula is C18H21N5S. The van der Waals surface area contributed by atoms with E-state index in [0.29, 0.717) is 5.92 Å². The molecule has 0 spiro atoms. The van der Waals surface area contributed by atoms with Gasteiger partial charge in [-0.15, -0.1) is 11.3 Å². The van der Waals surface area contributed by atoms with Crippen LogP contribution in [0, 0.1) is 13.8 Å². The molecule has 4 heterocycles. The molecule has 1 atom stereocenters. The standard InChI is InChI=1S/C18H21N5S/c1-13-12-24-18(20-13)15-5-8-22(9-15)10-16-11-23(21-14(16)2)17-3-6-19-7-4-17/h3-4,6-7,11-12,15H,5,8-10H2,1-2H3. The summed E-state index contributed by atoms with van der Waals surface area (Å²) in [6.07, 6.45) is 6.94. The molecule has 0 radical (unpaired) electrons. The van der Waals surface area contributed by atoms with Gasteiger partial charge in [-0.3, -0.25) is 9.88 Å². The Morgan fingerprint density at radius 3 is 2.83 bits per heavy atom. The van der Waals surface area contributed by atoms with Crippen molar-refractivity contribution in [3.05, 3.63) is 58.1 Å². The fourth-order valence-electron chi connectivity index (χ4n) is 3.26. The quantitative estimate of drug-likeness (QED) is 0.731. The van der Waals surface area contributed by atoms with Gasteiger partial charge >= 0.3 is 0 Å². The summed E-state index contributed by atoms with van der Waals surface area (Å²) in [5, 5.41) is 8.10. The molecule has 5 nitrogen and oxygen atoms in total. The summed E-state index contributed by atoms with van der Waals surface area (Å²) >= 11 is 1.80. The summed E-state index contributed by atoms with van der Waals surface area (Å²) in [6, 6.07) is 3.96. The van der Waals surface area contributed by atoms with Crippen LogP contribution in [0.25, 0.3) is 5.69 Å². The zero-order valence-electron chi connectivity index (χ0n) is 14.0. The van der Waals surface area contributed by atoms with Crippen LogP contribution >= 0.6 is 11.3 Å². The van der Waals surface area contributed by atoms with E-state index in [1.165, 1.54) is 17.0 Å². The lowest BCUT2D eigenvalue weighted by atomic mass is 10.1. The van der Waals surface area contributed by atoms with Crippen LogP contribution < -0.4 is 0 Å². The minimum Gasteiger partial charge on any atom is -0.298 e. The highest BCUT2D eigenvalue weighted by Crippen LogP contribution is 2.30. The first-order valence-electron chi connectivity index (χ1n) is 8.29. The lowest BCUT2D eigenvalue weighted by Gasteiger charge is -2.14. The van der Waals surface area contributed by atoms with Crippen molar-refractivity contribution in [2.75, 3.05) is 13.1 Å². The number of nitrogens with zero attached hydrogens (tertiary/aromatic N) is 5. The van der Waals surface area contributed by atoms with Gasteiger partial charge in [0.25, 0.3) is 0 Å². The Labute approximate surface area is 146 Å². The van der Waals surface area contributed by atoms with E-state index in [9.17, 15) is 0 Å². The molecule has 0 aromatic carbocycles. The van der Waals surface area contributed by atoms with Crippen LogP contribution in [-0.4, -0.2) is 37.7 Å². The van der Waals surface area contributed by atoms with Crippen LogP contribution in [0.15, 0.2) is 36.1 Å². The largest absolute Gasteiger partial charge is 0.298 e. The van der Waals surface area contributed by atoms with Crippen LogP contribution in [-0.2, 0) is 6.54 Å². The lowest BCUT2D eigenvalue weighted by Crippen LogP contribution is -2.20. The second-order valence-electron chi connectivity index (χ2n) is 6.44. The molecule has 0 amide bonds. The van der Waals surface area contributed by atoms with Gasteiger partial charge in [0.05, 0.1) is 16.4 Å². The Morgan fingerprint density at radius 1 is 1.25 bits per heavy atom. The minimum absolute atomic E-state index is 0.583. The number of likely N-dealkylation sites (tertiary alicyclic amines) is 1. The van der Waals surface area contributed by atoms with Gasteiger partial charge in [0.2, 0.25) is 0 Å². The average molecular weight is 339 g/mol. The Morgan fingerprint density at radius 2 is 2.08 bits per heavy atom. The molecule has 24 heavy (non-hydrogen) atoms. The van der Waals surface area contributed by atoms with E-state index in [4.69, 9.17) is 0 Å². The average Bonchev–Trinajstić information content (AvgIpc) is 3.30. The van der Waals surface area contributed by atoms with Gasteiger partial charge in [-0.2, -0.15) is 5.10 Å². The lowest BCUT2D eigenvalue weighted by molar-refractivity contribution is 0.326. The van der Waals surface area contributed by atoms with Crippen molar-refractivity contribution in [2.24, 2.45) is 0 Å². The summed E-state index contributed by atoms with van der Waals surface area (Å²) in [5.41, 5.74) is 4.59. The van der Waals surface area contributed by atoms with Crippen molar-refractivity contribution in [3.8, 4) is 5.69 Å². The molecule has 1 saturated heterocycles. The molecule has 0 saturated carbocycles. The number of hydrogen-bond acceptors (Lipinski definition) is 5. The van der Waals surface area contributed by atoms with Crippen molar-refractivity contribution < 1.29 is 0 Å². The highest BCUT2D eigenvalue weighted by molar-refractivity contribution is 7.09. The highest BCUT2D eigenvalue weighted by atomic mass is 32.1. The van der Waals surface area contributed by atoms with Crippen LogP contribution in [0.3, 0.4) is 0 Å². The van der Waals surface area contributed by atoms with Crippen LogP contribution in [0.4, 0.5) is 0 Å². The Kier molecular flexibility index (Phi) is 4.16. The van der Waals surface area contributed by atoms with Crippen LogP contribution in [0.2, 0.25) is 0 Å². The molecule has 4 rings (SSSR count). The van der Waals surface area contributed by atoms with Crippen molar-refractivity contribution in [1.29, 1.82) is 0 Å². The van der Waals surface area contributed by atoms with Gasteiger partial charge in [0, 0.05) is 54.2 Å². The van der Waals surface area contributed by atoms with Gasteiger partial charge in [-0.1, -0.05) is 0 Å². The minimum atomic E-state index is 0.583. The van der Waals surface area contributed by atoms with E-state index in [1.54, 1.807) is 23.7 Å². The molecule has 3 aromatic rings. The summed E-state index contributed by atoms with van der Waals surface area (Å²) in [6.45, 7) is 7.34. The monoisotopic (exact) mass is 339 g/mol. The maximum atomic E-state index is 4.66. The van der Waals surface area contributed by atoms with Crippen LogP contribution in [0.5, 0.6) is 0 Å². The van der Waals surface area contributed by atoms with Gasteiger partial charge < -0.3 is 0 Å². The van der Waals surface area contributed by atoms with Gasteiger partial charge in [-0.05, 0) is 38.9 Å². The van der Waals surface area contributed by atoms with E-state index < -0.39 is 0 Å². The number of pyridine rings is 1. The Balaban J connectivity index is 1.46. The number of rotatable bonds is 4. The molecule has 1 aliphatic heterocycles. The van der Waals surface area contributed by atoms with E-state index in [2.05, 4.69) is 45.4 Å². The van der Waals surface area contributed by atoms with E-state index in [-0.39, 0.29) is 0 Å². The number of aryl methyl sites for hydroxylation is 2. The van der Waals surface area contributed by atoms with Gasteiger partial charge in [-0.25, -0.2) is 9.67 Å². The molecular weight excluding hydrogens is 318 g/mol. The molecule has 0 N–H and O–H groups in total. The molecule has 3 aromatic heterocycles. The van der Waals surface area contributed by atoms with E-state index in [0.717, 1.165) is 36.7 Å². The van der Waals surface area contributed by atoms with Crippen molar-refractivity contribution in [3.63, 3.8) is 0 Å². The zero-order valence-corrected chi connectivity index (χ0v) is 14.8. The van der Waals surface area contributed by atoms with Crippen LogP contribution in [0.1, 0.15) is 34.3 Å². The van der Waals surface area contributed by atoms with E-state index >= 15 is 0 Å². The maximum absolute atomic E-state index is 4.66. The Bertz CT molecular complexity index is 823. The smallest absolute Gasteiger partial charge is 0.0972 e. The summed E-state index contributed by atoms with van der Waals surface area (Å²) in [5.74, 6) is 0.583. The second-order valence-corrected chi connectivity index (χ2v) is 7.33. The SMILES string of the molecule is Cc1csc(C2CCN(Cc3cn(-c4ccncc4)nc3C)C2)n1. The first-order chi connectivity index (χ1) is 11.7. The Hall–Kier alpha value is -2.05. The summed E-state index contributed by atoms with van der Waals surface area (Å²) in [4.78, 5) is 11.2. The van der Waals surface area contributed by atoms with Crippen molar-refractivity contribution >= 4 is 11.3 Å². The molecule has 124 valence electrons. The number of aromatic nitrogens is 4. The topological polar surface area (TPSA) is 46.8 Å². The molecule has 1 fully saturated rings.